The predicted octanol–water partition coefficient (Wildman–Crippen LogP) is 11.0. The van der Waals surface area contributed by atoms with Gasteiger partial charge in [-0.1, -0.05) is 72.3 Å². The van der Waals surface area contributed by atoms with Gasteiger partial charge in [-0.05, 0) is 110 Å². The zero-order valence-corrected chi connectivity index (χ0v) is 25.2. The standard InChI is InChI=1S/C40H32N4O/c1-29-18-27-38(30(2)28-29)40-42-41-39(45-40)31-19-21-35(22-20-31)44(34-16-10-5-11-17-34)37-25-23-36(24-26-37)43(32-12-6-3-7-13-32)33-14-8-4-9-15-33/h3-28H,1-2H3. The summed E-state index contributed by atoms with van der Waals surface area (Å²) < 4.78 is 6.11. The number of hydrogen-bond acceptors (Lipinski definition) is 5. The molecule has 0 aliphatic rings. The number of benzene rings is 6. The minimum atomic E-state index is 0.494. The molecule has 7 rings (SSSR count). The Bertz CT molecular complexity index is 1960. The van der Waals surface area contributed by atoms with Crippen molar-refractivity contribution < 1.29 is 4.42 Å². The quantitative estimate of drug-likeness (QED) is 0.178. The number of rotatable bonds is 8. The van der Waals surface area contributed by atoms with Gasteiger partial charge in [0.25, 0.3) is 0 Å². The number of para-hydroxylation sites is 3. The van der Waals surface area contributed by atoms with Gasteiger partial charge < -0.3 is 14.2 Å². The summed E-state index contributed by atoms with van der Waals surface area (Å²) in [6.07, 6.45) is 0. The van der Waals surface area contributed by atoms with E-state index in [4.69, 9.17) is 4.42 Å². The van der Waals surface area contributed by atoms with Gasteiger partial charge in [0.2, 0.25) is 11.8 Å². The van der Waals surface area contributed by atoms with E-state index in [0.29, 0.717) is 11.8 Å². The highest BCUT2D eigenvalue weighted by molar-refractivity contribution is 5.81. The summed E-state index contributed by atoms with van der Waals surface area (Å²) >= 11 is 0. The van der Waals surface area contributed by atoms with Gasteiger partial charge in [-0.2, -0.15) is 0 Å². The molecule has 0 atom stereocenters. The molecular weight excluding hydrogens is 552 g/mol. The van der Waals surface area contributed by atoms with Crippen LogP contribution >= 0.6 is 0 Å². The van der Waals surface area contributed by atoms with Gasteiger partial charge in [0.15, 0.2) is 0 Å². The van der Waals surface area contributed by atoms with Crippen LogP contribution in [0.25, 0.3) is 22.9 Å². The third kappa shape index (κ3) is 5.84. The summed E-state index contributed by atoms with van der Waals surface area (Å²) in [5.41, 5.74) is 10.6. The van der Waals surface area contributed by atoms with Gasteiger partial charge >= 0.3 is 0 Å². The Balaban J connectivity index is 1.21. The summed E-state index contributed by atoms with van der Waals surface area (Å²) in [6.45, 7) is 4.14. The summed E-state index contributed by atoms with van der Waals surface area (Å²) in [6, 6.07) is 54.5. The highest BCUT2D eigenvalue weighted by Gasteiger charge is 2.17. The molecule has 0 aliphatic carbocycles. The van der Waals surface area contributed by atoms with Crippen molar-refractivity contribution in [1.29, 1.82) is 0 Å². The highest BCUT2D eigenvalue weighted by atomic mass is 16.4. The summed E-state index contributed by atoms with van der Waals surface area (Å²) in [5, 5.41) is 8.70. The summed E-state index contributed by atoms with van der Waals surface area (Å²) in [4.78, 5) is 4.51. The SMILES string of the molecule is Cc1ccc(-c2nnc(-c3ccc(N(c4ccccc4)c4ccc(N(c5ccccc5)c5ccccc5)cc4)cc3)o2)c(C)c1. The van der Waals surface area contributed by atoms with E-state index in [9.17, 15) is 0 Å². The lowest BCUT2D eigenvalue weighted by molar-refractivity contribution is 0.584. The second-order valence-corrected chi connectivity index (χ2v) is 11.0. The summed E-state index contributed by atoms with van der Waals surface area (Å²) in [7, 11) is 0. The number of aryl methyl sites for hydroxylation is 2. The first kappa shape index (κ1) is 27.9. The fourth-order valence-electron chi connectivity index (χ4n) is 5.63. The molecule has 45 heavy (non-hydrogen) atoms. The molecule has 5 heteroatoms. The average molecular weight is 585 g/mol. The van der Waals surface area contributed by atoms with Crippen LogP contribution in [0.1, 0.15) is 11.1 Å². The van der Waals surface area contributed by atoms with E-state index in [0.717, 1.165) is 50.8 Å². The molecular formula is C40H32N4O. The number of hydrogen-bond donors (Lipinski definition) is 0. The van der Waals surface area contributed by atoms with Crippen LogP contribution in [0, 0.1) is 13.8 Å². The van der Waals surface area contributed by atoms with Crippen LogP contribution < -0.4 is 9.80 Å². The molecule has 218 valence electrons. The Hall–Kier alpha value is -5.94. The van der Waals surface area contributed by atoms with Crippen molar-refractivity contribution in [2.45, 2.75) is 13.8 Å². The van der Waals surface area contributed by atoms with Crippen LogP contribution in [0.2, 0.25) is 0 Å². The maximum Gasteiger partial charge on any atom is 0.248 e. The van der Waals surface area contributed by atoms with Gasteiger partial charge in [0.1, 0.15) is 0 Å². The number of aromatic nitrogens is 2. The Morgan fingerprint density at radius 3 is 1.27 bits per heavy atom. The van der Waals surface area contributed by atoms with Gasteiger partial charge in [-0.3, -0.25) is 0 Å². The minimum Gasteiger partial charge on any atom is -0.416 e. The predicted molar refractivity (Wildman–Crippen MR) is 184 cm³/mol. The first-order chi connectivity index (χ1) is 22.1. The molecule has 0 saturated carbocycles. The average Bonchev–Trinajstić information content (AvgIpc) is 3.58. The lowest BCUT2D eigenvalue weighted by Crippen LogP contribution is -2.12. The van der Waals surface area contributed by atoms with Crippen molar-refractivity contribution in [3.05, 3.63) is 169 Å². The van der Waals surface area contributed by atoms with Crippen LogP contribution in [0.3, 0.4) is 0 Å². The fourth-order valence-corrected chi connectivity index (χ4v) is 5.63. The van der Waals surface area contributed by atoms with Crippen molar-refractivity contribution >= 4 is 34.1 Å². The first-order valence-electron chi connectivity index (χ1n) is 15.0. The van der Waals surface area contributed by atoms with Gasteiger partial charge in [-0.25, -0.2) is 0 Å². The van der Waals surface area contributed by atoms with Gasteiger partial charge in [-0.15, -0.1) is 10.2 Å². The van der Waals surface area contributed by atoms with Crippen LogP contribution in [0.15, 0.2) is 162 Å². The van der Waals surface area contributed by atoms with Crippen molar-refractivity contribution in [3.8, 4) is 22.9 Å². The molecule has 5 nitrogen and oxygen atoms in total. The molecule has 6 aromatic carbocycles. The molecule has 1 heterocycles. The molecule has 0 saturated heterocycles. The molecule has 0 unspecified atom stereocenters. The normalized spacial score (nSPS) is 10.9. The first-order valence-corrected chi connectivity index (χ1v) is 15.0. The number of nitrogens with zero attached hydrogens (tertiary/aromatic N) is 4. The van der Waals surface area contributed by atoms with Crippen molar-refractivity contribution in [3.63, 3.8) is 0 Å². The second-order valence-electron chi connectivity index (χ2n) is 11.0. The number of anilines is 6. The molecule has 1 aromatic heterocycles. The molecule has 0 radical (unpaired) electrons. The van der Waals surface area contributed by atoms with Crippen LogP contribution in [-0.2, 0) is 0 Å². The fraction of sp³-hybridized carbons (Fsp3) is 0.0500. The minimum absolute atomic E-state index is 0.494. The van der Waals surface area contributed by atoms with Crippen LogP contribution in [0.5, 0.6) is 0 Å². The monoisotopic (exact) mass is 584 g/mol. The molecule has 7 aromatic rings. The molecule has 0 bridgehead atoms. The highest BCUT2D eigenvalue weighted by Crippen LogP contribution is 2.39. The Labute approximate surface area is 263 Å². The summed E-state index contributed by atoms with van der Waals surface area (Å²) in [5.74, 6) is 1.02. The van der Waals surface area contributed by atoms with E-state index in [1.165, 1.54) is 5.56 Å². The topological polar surface area (TPSA) is 45.4 Å². The van der Waals surface area contributed by atoms with Crippen LogP contribution in [0.4, 0.5) is 34.1 Å². The molecule has 0 aliphatic heterocycles. The largest absolute Gasteiger partial charge is 0.416 e. The van der Waals surface area contributed by atoms with Crippen molar-refractivity contribution in [2.75, 3.05) is 9.80 Å². The van der Waals surface area contributed by atoms with E-state index in [-0.39, 0.29) is 0 Å². The van der Waals surface area contributed by atoms with Gasteiger partial charge in [0.05, 0.1) is 0 Å². The molecule has 0 amide bonds. The lowest BCUT2D eigenvalue weighted by Gasteiger charge is -2.28. The lowest BCUT2D eigenvalue weighted by atomic mass is 10.1. The van der Waals surface area contributed by atoms with Gasteiger partial charge in [0, 0.05) is 45.3 Å². The Kier molecular flexibility index (Phi) is 7.65. The van der Waals surface area contributed by atoms with E-state index >= 15 is 0 Å². The second kappa shape index (κ2) is 12.3. The zero-order chi connectivity index (χ0) is 30.6. The van der Waals surface area contributed by atoms with E-state index < -0.39 is 0 Å². The smallest absolute Gasteiger partial charge is 0.248 e. The molecule has 0 N–H and O–H groups in total. The maximum atomic E-state index is 6.11. The van der Waals surface area contributed by atoms with Crippen LogP contribution in [-0.4, -0.2) is 10.2 Å². The van der Waals surface area contributed by atoms with E-state index in [2.05, 4.69) is 155 Å². The van der Waals surface area contributed by atoms with E-state index in [1.807, 2.05) is 36.4 Å². The molecule has 0 spiro atoms. The zero-order valence-electron chi connectivity index (χ0n) is 25.2. The van der Waals surface area contributed by atoms with Crippen molar-refractivity contribution in [1.82, 2.24) is 10.2 Å². The Morgan fingerprint density at radius 1 is 0.422 bits per heavy atom. The third-order valence-electron chi connectivity index (χ3n) is 7.82. The maximum absolute atomic E-state index is 6.11. The molecule has 0 fully saturated rings. The van der Waals surface area contributed by atoms with Crippen molar-refractivity contribution in [2.24, 2.45) is 0 Å². The third-order valence-corrected chi connectivity index (χ3v) is 7.82. The van der Waals surface area contributed by atoms with E-state index in [1.54, 1.807) is 0 Å². The Morgan fingerprint density at radius 2 is 0.822 bits per heavy atom.